The molecule has 3 rings (SSSR count). The minimum atomic E-state index is -0.692. The van der Waals surface area contributed by atoms with Crippen molar-refractivity contribution in [3.05, 3.63) is 65.2 Å². The first-order valence-corrected chi connectivity index (χ1v) is 11.3. The molecule has 2 aromatic rings. The van der Waals surface area contributed by atoms with Crippen LogP contribution in [-0.4, -0.2) is 66.5 Å². The van der Waals surface area contributed by atoms with E-state index in [4.69, 9.17) is 9.47 Å². The summed E-state index contributed by atoms with van der Waals surface area (Å²) in [4.78, 5) is 30.0. The van der Waals surface area contributed by atoms with E-state index in [1.807, 2.05) is 19.1 Å². The number of benzene rings is 2. The molecule has 0 radical (unpaired) electrons. The summed E-state index contributed by atoms with van der Waals surface area (Å²) in [6.07, 6.45) is 0. The lowest BCUT2D eigenvalue weighted by atomic mass is 9.95. The number of ether oxygens (including phenoxy) is 2. The molecule has 0 spiro atoms. The summed E-state index contributed by atoms with van der Waals surface area (Å²) in [5.74, 6) is -0.247. The van der Waals surface area contributed by atoms with Crippen LogP contribution < -0.4 is 9.47 Å². The Morgan fingerprint density at radius 1 is 1.03 bits per heavy atom. The number of methoxy groups -OCH3 is 1. The van der Waals surface area contributed by atoms with Gasteiger partial charge in [0.05, 0.1) is 25.3 Å². The predicted molar refractivity (Wildman–Crippen MR) is 127 cm³/mol. The van der Waals surface area contributed by atoms with Gasteiger partial charge in [0.1, 0.15) is 17.3 Å². The number of carbonyl (C=O) groups is 2. The number of likely N-dealkylation sites (N-methyl/N-ethyl adjacent to an activating group) is 1. The zero-order chi connectivity index (χ0) is 24.0. The van der Waals surface area contributed by atoms with Gasteiger partial charge in [0.15, 0.2) is 0 Å². The quantitative estimate of drug-likeness (QED) is 0.335. The van der Waals surface area contributed by atoms with E-state index < -0.39 is 17.7 Å². The Kier molecular flexibility index (Phi) is 8.11. The van der Waals surface area contributed by atoms with Crippen LogP contribution in [0.15, 0.2) is 54.1 Å². The van der Waals surface area contributed by atoms with Gasteiger partial charge in [-0.2, -0.15) is 0 Å². The lowest BCUT2D eigenvalue weighted by Gasteiger charge is -2.28. The molecule has 1 saturated heterocycles. The third kappa shape index (κ3) is 5.20. The van der Waals surface area contributed by atoms with Crippen LogP contribution in [0.3, 0.4) is 0 Å². The largest absolute Gasteiger partial charge is 0.507 e. The smallest absolute Gasteiger partial charge is 0.295 e. The maximum absolute atomic E-state index is 13.2. The van der Waals surface area contributed by atoms with Crippen molar-refractivity contribution in [1.29, 1.82) is 0 Å². The molecule has 1 amide bonds. The van der Waals surface area contributed by atoms with Gasteiger partial charge in [-0.3, -0.25) is 9.59 Å². The highest BCUT2D eigenvalue weighted by Gasteiger charge is 2.46. The highest BCUT2D eigenvalue weighted by molar-refractivity contribution is 6.46. The summed E-state index contributed by atoms with van der Waals surface area (Å²) in [6, 6.07) is 13.4. The Morgan fingerprint density at radius 2 is 1.73 bits per heavy atom. The molecule has 0 aromatic heterocycles. The Morgan fingerprint density at radius 3 is 2.33 bits per heavy atom. The zero-order valence-electron chi connectivity index (χ0n) is 19.7. The van der Waals surface area contributed by atoms with Gasteiger partial charge >= 0.3 is 0 Å². The lowest BCUT2D eigenvalue weighted by Crippen LogP contribution is -2.38. The Balaban J connectivity index is 2.09. The second-order valence-electron chi connectivity index (χ2n) is 7.75. The normalized spacial score (nSPS) is 17.6. The molecular weight excluding hydrogens is 420 g/mol. The van der Waals surface area contributed by atoms with Gasteiger partial charge in [-0.1, -0.05) is 38.1 Å². The number of hydrogen-bond acceptors (Lipinski definition) is 6. The number of likely N-dealkylation sites (tertiary alicyclic amines) is 1. The number of amides is 1. The molecule has 1 aliphatic heterocycles. The average molecular weight is 453 g/mol. The minimum absolute atomic E-state index is 0.0818. The fraction of sp³-hybridized carbons (Fsp3) is 0.385. The summed E-state index contributed by atoms with van der Waals surface area (Å²) in [6.45, 7) is 9.16. The van der Waals surface area contributed by atoms with E-state index in [9.17, 15) is 14.7 Å². The monoisotopic (exact) mass is 452 g/mol. The molecule has 1 fully saturated rings. The fourth-order valence-corrected chi connectivity index (χ4v) is 4.09. The van der Waals surface area contributed by atoms with Crippen molar-refractivity contribution in [2.24, 2.45) is 0 Å². The van der Waals surface area contributed by atoms with Crippen molar-refractivity contribution < 1.29 is 24.2 Å². The van der Waals surface area contributed by atoms with E-state index in [2.05, 4.69) is 18.7 Å². The van der Waals surface area contributed by atoms with Crippen LogP contribution in [0.1, 0.15) is 37.9 Å². The Bertz CT molecular complexity index is 1010. The minimum Gasteiger partial charge on any atom is -0.507 e. The molecular formula is C26H32N2O5. The molecule has 1 unspecified atom stereocenters. The Hall–Kier alpha value is -3.32. The maximum Gasteiger partial charge on any atom is 0.295 e. The number of rotatable bonds is 10. The maximum atomic E-state index is 13.2. The number of nitrogens with zero attached hydrogens (tertiary/aromatic N) is 2. The van der Waals surface area contributed by atoms with E-state index in [0.717, 1.165) is 18.7 Å². The molecule has 0 aliphatic carbocycles. The number of carbonyl (C=O) groups excluding carboxylic acids is 2. The van der Waals surface area contributed by atoms with E-state index in [0.29, 0.717) is 36.8 Å². The number of hydrogen-bond donors (Lipinski definition) is 1. The van der Waals surface area contributed by atoms with Crippen LogP contribution >= 0.6 is 0 Å². The second kappa shape index (κ2) is 11.0. The van der Waals surface area contributed by atoms with Gasteiger partial charge < -0.3 is 24.4 Å². The summed E-state index contributed by atoms with van der Waals surface area (Å²) < 4.78 is 10.8. The van der Waals surface area contributed by atoms with Crippen molar-refractivity contribution in [3.8, 4) is 11.5 Å². The van der Waals surface area contributed by atoms with Crippen molar-refractivity contribution in [3.63, 3.8) is 0 Å². The molecule has 176 valence electrons. The second-order valence-corrected chi connectivity index (χ2v) is 7.75. The van der Waals surface area contributed by atoms with Gasteiger partial charge in [-0.15, -0.1) is 0 Å². The first-order valence-electron chi connectivity index (χ1n) is 11.3. The summed E-state index contributed by atoms with van der Waals surface area (Å²) in [5, 5.41) is 11.2. The molecule has 0 saturated carbocycles. The first kappa shape index (κ1) is 24.3. The topological polar surface area (TPSA) is 79.3 Å². The average Bonchev–Trinajstić information content (AvgIpc) is 3.09. The van der Waals surface area contributed by atoms with Crippen LogP contribution in [0.5, 0.6) is 11.5 Å². The van der Waals surface area contributed by atoms with Crippen LogP contribution in [0, 0.1) is 0 Å². The van der Waals surface area contributed by atoms with Crippen LogP contribution in [0.25, 0.3) is 5.76 Å². The number of aliphatic hydroxyl groups excluding tert-OH is 1. The molecule has 7 nitrogen and oxygen atoms in total. The predicted octanol–water partition coefficient (Wildman–Crippen LogP) is 3.86. The van der Waals surface area contributed by atoms with E-state index in [-0.39, 0.29) is 11.3 Å². The van der Waals surface area contributed by atoms with Crippen LogP contribution in [0.2, 0.25) is 0 Å². The van der Waals surface area contributed by atoms with E-state index in [1.54, 1.807) is 48.4 Å². The van der Waals surface area contributed by atoms with Gasteiger partial charge in [0, 0.05) is 18.7 Å². The summed E-state index contributed by atoms with van der Waals surface area (Å²) in [7, 11) is 1.58. The number of Topliss-reactive ketones (excluding diaryl/α,β-unsaturated/α-hetero) is 1. The van der Waals surface area contributed by atoms with Crippen molar-refractivity contribution in [2.75, 3.05) is 39.9 Å². The number of ketones is 1. The standard InChI is InChI=1S/C26H32N2O5/c1-5-27(6-2)15-16-28-23(18-11-13-20(32-4)14-12-18)22(25(30)26(28)31)24(29)19-9-8-10-21(17-19)33-7-3/h8-14,17,23,29H,5-7,15-16H2,1-4H3/b24-22-. The third-order valence-electron chi connectivity index (χ3n) is 5.94. The molecule has 1 atom stereocenters. The summed E-state index contributed by atoms with van der Waals surface area (Å²) in [5.41, 5.74) is 1.25. The van der Waals surface area contributed by atoms with Gasteiger partial charge in [-0.25, -0.2) is 0 Å². The molecule has 7 heteroatoms. The zero-order valence-corrected chi connectivity index (χ0v) is 19.7. The van der Waals surface area contributed by atoms with Gasteiger partial charge in [0.2, 0.25) is 0 Å². The molecule has 1 heterocycles. The van der Waals surface area contributed by atoms with Crippen molar-refractivity contribution in [1.82, 2.24) is 9.80 Å². The van der Waals surface area contributed by atoms with Gasteiger partial charge in [0.25, 0.3) is 11.7 Å². The SMILES string of the molecule is CCOc1cccc(/C(O)=C2/C(=O)C(=O)N(CCN(CC)CC)C2c2ccc(OC)cc2)c1. The number of aliphatic hydroxyl groups is 1. The van der Waals surface area contributed by atoms with E-state index in [1.165, 1.54) is 0 Å². The van der Waals surface area contributed by atoms with Crippen molar-refractivity contribution in [2.45, 2.75) is 26.8 Å². The van der Waals surface area contributed by atoms with Crippen LogP contribution in [0.4, 0.5) is 0 Å². The highest BCUT2D eigenvalue weighted by Crippen LogP contribution is 2.40. The summed E-state index contributed by atoms with van der Waals surface area (Å²) >= 11 is 0. The van der Waals surface area contributed by atoms with E-state index >= 15 is 0 Å². The molecule has 33 heavy (non-hydrogen) atoms. The molecule has 0 bridgehead atoms. The molecule has 1 aliphatic rings. The van der Waals surface area contributed by atoms with Gasteiger partial charge in [-0.05, 0) is 49.8 Å². The Labute approximate surface area is 195 Å². The fourth-order valence-electron chi connectivity index (χ4n) is 4.09. The first-order chi connectivity index (χ1) is 15.9. The van der Waals surface area contributed by atoms with Crippen LogP contribution in [-0.2, 0) is 9.59 Å². The van der Waals surface area contributed by atoms with Crippen molar-refractivity contribution >= 4 is 17.4 Å². The highest BCUT2D eigenvalue weighted by atomic mass is 16.5. The third-order valence-corrected chi connectivity index (χ3v) is 5.94. The molecule has 2 aromatic carbocycles. The lowest BCUT2D eigenvalue weighted by molar-refractivity contribution is -0.140. The molecule has 1 N–H and O–H groups in total.